The Bertz CT molecular complexity index is 467. The van der Waals surface area contributed by atoms with Crippen molar-refractivity contribution in [2.45, 2.75) is 16.4 Å². The molecule has 0 atom stereocenters. The van der Waals surface area contributed by atoms with Gasteiger partial charge >= 0.3 is 139 Å². The van der Waals surface area contributed by atoms with Crippen molar-refractivity contribution in [3.63, 3.8) is 0 Å². The molecule has 0 bridgehead atoms. The molecule has 0 aromatic carbocycles. The Morgan fingerprint density at radius 3 is 0.895 bits per heavy atom. The summed E-state index contributed by atoms with van der Waals surface area (Å²) in [4.78, 5) is 0. The molecule has 0 aliphatic heterocycles. The standard InChI is InChI=1S/C3H2F6O6S2.2K.2H/c4-1(5,2(6,7)16(10,11)12)3(8,9)17(13,14)15;;;;/h(H,10,11,12)(H,13,14,15);;;;. The fourth-order valence-electron chi connectivity index (χ4n) is 0.493. The molecule has 0 heterocycles. The van der Waals surface area contributed by atoms with Gasteiger partial charge in [-0.2, -0.15) is 43.2 Å². The van der Waals surface area contributed by atoms with Crippen LogP contribution in [0.5, 0.6) is 0 Å². The normalized spacial score (nSPS) is 14.3. The molecule has 0 rings (SSSR count). The van der Waals surface area contributed by atoms with Gasteiger partial charge in [-0.1, -0.05) is 0 Å². The molecule has 0 radical (unpaired) electrons. The van der Waals surface area contributed by atoms with Crippen molar-refractivity contribution in [1.82, 2.24) is 0 Å². The fourth-order valence-corrected chi connectivity index (χ4v) is 1.46. The second kappa shape index (κ2) is 7.49. The second-order valence-electron chi connectivity index (χ2n) is 2.56. The Kier molecular flexibility index (Phi) is 10.5. The van der Waals surface area contributed by atoms with Crippen LogP contribution in [0.1, 0.15) is 0 Å². The van der Waals surface area contributed by atoms with Crippen molar-refractivity contribution in [3.8, 4) is 0 Å². The van der Waals surface area contributed by atoms with Crippen LogP contribution in [-0.2, 0) is 20.2 Å². The predicted molar refractivity (Wildman–Crippen MR) is 52.2 cm³/mol. The molecule has 16 heteroatoms. The first-order chi connectivity index (χ1) is 7.00. The van der Waals surface area contributed by atoms with Crippen LogP contribution in [0.25, 0.3) is 0 Å². The van der Waals surface area contributed by atoms with Gasteiger partial charge in [-0.15, -0.1) is 0 Å². The average molecular weight is 392 g/mol. The molecular formula is C3H4F6K2O6S2. The molecule has 0 aliphatic carbocycles. The van der Waals surface area contributed by atoms with E-state index in [-0.39, 0.29) is 103 Å². The Morgan fingerprint density at radius 2 is 0.789 bits per heavy atom. The third-order valence-corrected chi connectivity index (χ3v) is 3.19. The molecule has 0 saturated heterocycles. The Labute approximate surface area is 188 Å². The van der Waals surface area contributed by atoms with E-state index in [0.29, 0.717) is 0 Å². The van der Waals surface area contributed by atoms with Gasteiger partial charge in [-0.3, -0.25) is 9.11 Å². The third kappa shape index (κ3) is 4.82. The van der Waals surface area contributed by atoms with Gasteiger partial charge in [0.1, 0.15) is 0 Å². The summed E-state index contributed by atoms with van der Waals surface area (Å²) in [5.41, 5.74) is 0. The van der Waals surface area contributed by atoms with Gasteiger partial charge in [0, 0.05) is 0 Å². The quantitative estimate of drug-likeness (QED) is 0.372. The molecule has 108 valence electrons. The molecule has 2 N–H and O–H groups in total. The topological polar surface area (TPSA) is 109 Å². The summed E-state index contributed by atoms with van der Waals surface area (Å²) < 4.78 is 128. The van der Waals surface area contributed by atoms with Crippen LogP contribution in [0.15, 0.2) is 0 Å². The second-order valence-corrected chi connectivity index (χ2v) is 5.48. The van der Waals surface area contributed by atoms with Crippen LogP contribution in [0.4, 0.5) is 26.3 Å². The maximum absolute atomic E-state index is 12.4. The average Bonchev–Trinajstić information content (AvgIpc) is 1.98. The summed E-state index contributed by atoms with van der Waals surface area (Å²) in [6, 6.07) is 0. The first kappa shape index (κ1) is 26.6. The Morgan fingerprint density at radius 1 is 0.632 bits per heavy atom. The molecule has 0 amide bonds. The zero-order valence-electron chi connectivity index (χ0n) is 7.11. The number of rotatable bonds is 4. The summed E-state index contributed by atoms with van der Waals surface area (Å²) in [5, 5.41) is -13.6. The molecule has 19 heavy (non-hydrogen) atoms. The van der Waals surface area contributed by atoms with Gasteiger partial charge in [0.25, 0.3) is 0 Å². The van der Waals surface area contributed by atoms with E-state index in [1.54, 1.807) is 0 Å². The van der Waals surface area contributed by atoms with Crippen molar-refractivity contribution in [3.05, 3.63) is 0 Å². The Hall–Kier alpha value is 2.67. The van der Waals surface area contributed by atoms with Crippen LogP contribution in [-0.4, -0.2) is 145 Å². The zero-order valence-corrected chi connectivity index (χ0v) is 8.74. The van der Waals surface area contributed by atoms with Gasteiger partial charge in [-0.05, 0) is 0 Å². The van der Waals surface area contributed by atoms with E-state index in [1.165, 1.54) is 0 Å². The number of hydrogen-bond acceptors (Lipinski definition) is 4. The molecule has 0 aromatic rings. The summed E-state index contributed by atoms with van der Waals surface area (Å²) >= 11 is 0. The minimum absolute atomic E-state index is 0. The van der Waals surface area contributed by atoms with Crippen molar-refractivity contribution in [1.29, 1.82) is 0 Å². The first-order valence-corrected chi connectivity index (χ1v) is 5.95. The number of halogens is 6. The van der Waals surface area contributed by atoms with Crippen LogP contribution in [0.3, 0.4) is 0 Å². The molecule has 0 spiro atoms. The summed E-state index contributed by atoms with van der Waals surface area (Å²) in [5.74, 6) is -7.08. The Balaban J connectivity index is -0.00000128. The first-order valence-electron chi connectivity index (χ1n) is 3.07. The van der Waals surface area contributed by atoms with Gasteiger partial charge in [0.05, 0.1) is 0 Å². The number of hydrogen-bond donors (Lipinski definition) is 2. The van der Waals surface area contributed by atoms with E-state index in [4.69, 9.17) is 9.11 Å². The molecule has 0 unspecified atom stereocenters. The molecule has 0 fully saturated rings. The summed E-state index contributed by atoms with van der Waals surface area (Å²) in [7, 11) is -14.1. The predicted octanol–water partition coefficient (Wildman–Crippen LogP) is -0.714. The molecule has 6 nitrogen and oxygen atoms in total. The molecule has 0 aliphatic rings. The van der Waals surface area contributed by atoms with Crippen LogP contribution >= 0.6 is 0 Å². The monoisotopic (exact) mass is 392 g/mol. The van der Waals surface area contributed by atoms with Crippen LogP contribution in [0.2, 0.25) is 0 Å². The SMILES string of the molecule is O=S(=O)(O)C(F)(F)C(F)(F)C(F)(F)S(=O)(=O)O.[KH].[KH]. The maximum atomic E-state index is 12.4. The summed E-state index contributed by atoms with van der Waals surface area (Å²) in [6.07, 6.45) is 0. The van der Waals surface area contributed by atoms with Crippen molar-refractivity contribution in [2.24, 2.45) is 0 Å². The van der Waals surface area contributed by atoms with Gasteiger partial charge in [-0.25, -0.2) is 0 Å². The minimum atomic E-state index is -7.08. The van der Waals surface area contributed by atoms with Crippen LogP contribution in [0, 0.1) is 0 Å². The fraction of sp³-hybridized carbons (Fsp3) is 1.00. The van der Waals surface area contributed by atoms with E-state index in [0.717, 1.165) is 0 Å². The van der Waals surface area contributed by atoms with Crippen molar-refractivity contribution >= 4 is 123 Å². The van der Waals surface area contributed by atoms with Crippen molar-refractivity contribution < 1.29 is 52.3 Å². The van der Waals surface area contributed by atoms with E-state index in [2.05, 4.69) is 0 Å². The van der Waals surface area contributed by atoms with Crippen LogP contribution < -0.4 is 0 Å². The van der Waals surface area contributed by atoms with E-state index in [1.807, 2.05) is 0 Å². The zero-order chi connectivity index (χ0) is 14.5. The van der Waals surface area contributed by atoms with E-state index >= 15 is 0 Å². The van der Waals surface area contributed by atoms with E-state index in [9.17, 15) is 43.2 Å². The number of alkyl halides is 6. The van der Waals surface area contributed by atoms with E-state index < -0.39 is 36.7 Å². The molecule has 0 aromatic heterocycles. The third-order valence-electron chi connectivity index (χ3n) is 1.38. The van der Waals surface area contributed by atoms with Gasteiger partial charge in [0.15, 0.2) is 0 Å². The summed E-state index contributed by atoms with van der Waals surface area (Å²) in [6.45, 7) is 0. The van der Waals surface area contributed by atoms with Gasteiger partial charge in [0.2, 0.25) is 0 Å². The molecular weight excluding hydrogens is 388 g/mol. The molecule has 0 saturated carbocycles. The van der Waals surface area contributed by atoms with Crippen molar-refractivity contribution in [2.75, 3.05) is 0 Å². The van der Waals surface area contributed by atoms with Gasteiger partial charge < -0.3 is 0 Å².